The lowest BCUT2D eigenvalue weighted by Gasteiger charge is -2.15. The fraction of sp³-hybridized carbons (Fsp3) is 0.784. The lowest BCUT2D eigenvalue weighted by molar-refractivity contribution is -0.147. The summed E-state index contributed by atoms with van der Waals surface area (Å²) in [5, 5.41) is 12.6. The van der Waals surface area contributed by atoms with Gasteiger partial charge in [0.15, 0.2) is 0 Å². The van der Waals surface area contributed by atoms with E-state index in [4.69, 9.17) is 13.8 Å². The van der Waals surface area contributed by atoms with Crippen molar-refractivity contribution in [1.82, 2.24) is 5.32 Å². The Morgan fingerprint density at radius 2 is 1.15 bits per heavy atom. The summed E-state index contributed by atoms with van der Waals surface area (Å²) >= 11 is 0. The summed E-state index contributed by atoms with van der Waals surface area (Å²) < 4.78 is 26.6. The van der Waals surface area contributed by atoms with Crippen molar-refractivity contribution >= 4 is 19.7 Å². The molecule has 0 aromatic rings. The molecule has 0 aromatic carbocycles. The van der Waals surface area contributed by atoms with Crippen molar-refractivity contribution in [2.75, 3.05) is 26.4 Å². The van der Waals surface area contributed by atoms with Gasteiger partial charge in [-0.15, -0.1) is 0 Å². The number of hydrogen-bond donors (Lipinski definition) is 3. The van der Waals surface area contributed by atoms with Crippen LogP contribution in [0.3, 0.4) is 0 Å². The van der Waals surface area contributed by atoms with Crippen LogP contribution in [-0.2, 0) is 27.9 Å². The minimum absolute atomic E-state index is 0.0744. The van der Waals surface area contributed by atoms with Crippen molar-refractivity contribution in [3.05, 3.63) is 36.5 Å². The van der Waals surface area contributed by atoms with Gasteiger partial charge in [-0.3, -0.25) is 18.6 Å². The number of allylic oxidation sites excluding steroid dienone is 6. The zero-order valence-electron chi connectivity index (χ0n) is 29.7. The quantitative estimate of drug-likeness (QED) is 0.0264. The standard InChI is InChI=1S/C37H68NO8P/c1-3-5-7-9-11-12-13-14-15-16-17-18-19-20-21-22-24-25-27-29-36(40)38-31-32-45-47(42,43)46-34-35(39)33-44-37(41)30-28-26-23-10-8-6-4-2/h11-12,14-15,17-18,35,39H,3-10,13,16,19-34H2,1-2H3,(H,38,40)(H,42,43)/b12-11-,15-14-,18-17-. The highest BCUT2D eigenvalue weighted by molar-refractivity contribution is 7.47. The normalized spacial score (nSPS) is 13.9. The van der Waals surface area contributed by atoms with Crippen LogP contribution >= 0.6 is 7.82 Å². The Kier molecular flexibility index (Phi) is 32.8. The first-order chi connectivity index (χ1) is 22.8. The largest absolute Gasteiger partial charge is 0.472 e. The molecule has 0 radical (unpaired) electrons. The number of aliphatic hydroxyl groups excluding tert-OH is 1. The number of amides is 1. The first-order valence-electron chi connectivity index (χ1n) is 18.5. The van der Waals surface area contributed by atoms with Crippen molar-refractivity contribution in [2.24, 2.45) is 0 Å². The van der Waals surface area contributed by atoms with Gasteiger partial charge >= 0.3 is 13.8 Å². The fourth-order valence-corrected chi connectivity index (χ4v) is 5.49. The molecule has 1 amide bonds. The van der Waals surface area contributed by atoms with Crippen LogP contribution in [0.1, 0.15) is 155 Å². The van der Waals surface area contributed by atoms with Crippen LogP contribution in [0.25, 0.3) is 0 Å². The first-order valence-corrected chi connectivity index (χ1v) is 20.0. The third-order valence-electron chi connectivity index (χ3n) is 7.57. The molecule has 0 aliphatic carbocycles. The Labute approximate surface area is 286 Å². The highest BCUT2D eigenvalue weighted by Crippen LogP contribution is 2.42. The average molecular weight is 686 g/mol. The third kappa shape index (κ3) is 35.4. The summed E-state index contributed by atoms with van der Waals surface area (Å²) in [5.41, 5.74) is 0. The number of esters is 1. The van der Waals surface area contributed by atoms with Crippen LogP contribution in [0.4, 0.5) is 0 Å². The third-order valence-corrected chi connectivity index (χ3v) is 8.56. The summed E-state index contributed by atoms with van der Waals surface area (Å²) in [6, 6.07) is 0. The summed E-state index contributed by atoms with van der Waals surface area (Å²) in [6.45, 7) is 3.43. The van der Waals surface area contributed by atoms with Crippen LogP contribution in [-0.4, -0.2) is 54.3 Å². The second kappa shape index (κ2) is 34.1. The molecule has 10 heteroatoms. The lowest BCUT2D eigenvalue weighted by atomic mass is 10.1. The van der Waals surface area contributed by atoms with Crippen LogP contribution in [0.2, 0.25) is 0 Å². The van der Waals surface area contributed by atoms with E-state index >= 15 is 0 Å². The summed E-state index contributed by atoms with van der Waals surface area (Å²) in [7, 11) is -4.41. The first kappa shape index (κ1) is 45.2. The molecule has 47 heavy (non-hydrogen) atoms. The van der Waals surface area contributed by atoms with Crippen LogP contribution < -0.4 is 5.32 Å². The molecule has 0 aliphatic heterocycles. The molecule has 0 saturated heterocycles. The van der Waals surface area contributed by atoms with E-state index in [1.165, 1.54) is 64.2 Å². The van der Waals surface area contributed by atoms with E-state index in [1.54, 1.807) is 0 Å². The summed E-state index contributed by atoms with van der Waals surface area (Å²) in [5.74, 6) is -0.537. The molecule has 0 saturated carbocycles. The molecule has 0 bridgehead atoms. The molecule has 0 spiro atoms. The number of carbonyl (C=O) groups is 2. The molecule has 274 valence electrons. The highest BCUT2D eigenvalue weighted by atomic mass is 31.2. The van der Waals surface area contributed by atoms with Gasteiger partial charge in [0.2, 0.25) is 5.91 Å². The maximum Gasteiger partial charge on any atom is 0.472 e. The maximum atomic E-state index is 12.0. The smallest absolute Gasteiger partial charge is 0.463 e. The molecule has 2 atom stereocenters. The van der Waals surface area contributed by atoms with E-state index in [1.807, 2.05) is 0 Å². The number of unbranched alkanes of at least 4 members (excludes halogenated alkanes) is 15. The molecule has 0 fully saturated rings. The molecule has 3 N–H and O–H groups in total. The van der Waals surface area contributed by atoms with Crippen molar-refractivity contribution in [3.63, 3.8) is 0 Å². The van der Waals surface area contributed by atoms with Crippen LogP contribution in [0.5, 0.6) is 0 Å². The average Bonchev–Trinajstić information content (AvgIpc) is 3.05. The number of carbonyl (C=O) groups excluding carboxylic acids is 2. The van der Waals surface area contributed by atoms with Gasteiger partial charge in [-0.05, 0) is 51.4 Å². The Balaban J connectivity index is 3.64. The van der Waals surface area contributed by atoms with Gasteiger partial charge in [0, 0.05) is 19.4 Å². The number of aliphatic hydroxyl groups is 1. The van der Waals surface area contributed by atoms with Gasteiger partial charge < -0.3 is 20.1 Å². The Hall–Kier alpha value is -1.77. The Morgan fingerprint density at radius 3 is 1.77 bits per heavy atom. The maximum absolute atomic E-state index is 12.0. The van der Waals surface area contributed by atoms with Crippen molar-refractivity contribution in [2.45, 2.75) is 161 Å². The SMILES string of the molecule is CCCCC/C=C\C/C=C\C/C=C\CCCCCCCCC(=O)NCCOP(=O)(O)OCC(O)COC(=O)CCCCCCCCC. The van der Waals surface area contributed by atoms with Gasteiger partial charge in [0.1, 0.15) is 12.7 Å². The molecule has 2 unspecified atom stereocenters. The summed E-state index contributed by atoms with van der Waals surface area (Å²) in [4.78, 5) is 33.6. The van der Waals surface area contributed by atoms with Gasteiger partial charge in [0.25, 0.3) is 0 Å². The topological polar surface area (TPSA) is 131 Å². The second-order valence-corrected chi connectivity index (χ2v) is 13.7. The number of hydrogen-bond acceptors (Lipinski definition) is 7. The molecule has 0 heterocycles. The Bertz CT molecular complexity index is 876. The fourth-order valence-electron chi connectivity index (χ4n) is 4.74. The van der Waals surface area contributed by atoms with Crippen LogP contribution in [0.15, 0.2) is 36.5 Å². The minimum atomic E-state index is -4.41. The van der Waals surface area contributed by atoms with Crippen molar-refractivity contribution in [1.29, 1.82) is 0 Å². The van der Waals surface area contributed by atoms with E-state index < -0.39 is 26.5 Å². The van der Waals surface area contributed by atoms with Crippen molar-refractivity contribution in [3.8, 4) is 0 Å². The number of nitrogens with one attached hydrogen (secondary N) is 1. The van der Waals surface area contributed by atoms with Gasteiger partial charge in [0.05, 0.1) is 13.2 Å². The predicted molar refractivity (Wildman–Crippen MR) is 192 cm³/mol. The van der Waals surface area contributed by atoms with Crippen molar-refractivity contribution < 1.29 is 37.9 Å². The molecular weight excluding hydrogens is 617 g/mol. The zero-order valence-corrected chi connectivity index (χ0v) is 30.6. The summed E-state index contributed by atoms with van der Waals surface area (Å²) in [6.07, 6.45) is 35.2. The minimum Gasteiger partial charge on any atom is -0.463 e. The number of rotatable bonds is 34. The lowest BCUT2D eigenvalue weighted by Crippen LogP contribution is -2.27. The zero-order chi connectivity index (χ0) is 34.7. The highest BCUT2D eigenvalue weighted by Gasteiger charge is 2.23. The molecule has 0 aromatic heterocycles. The van der Waals surface area contributed by atoms with E-state index in [2.05, 4.69) is 55.6 Å². The molecule has 9 nitrogen and oxygen atoms in total. The van der Waals surface area contributed by atoms with Gasteiger partial charge in [-0.1, -0.05) is 127 Å². The molecule has 0 aliphatic rings. The van der Waals surface area contributed by atoms with Gasteiger partial charge in [-0.2, -0.15) is 0 Å². The van der Waals surface area contributed by atoms with Gasteiger partial charge in [-0.25, -0.2) is 4.57 Å². The molecule has 0 rings (SSSR count). The van der Waals surface area contributed by atoms with E-state index in [9.17, 15) is 24.2 Å². The number of phosphoric acid groups is 1. The van der Waals surface area contributed by atoms with E-state index in [0.29, 0.717) is 6.42 Å². The number of phosphoric ester groups is 1. The molecular formula is C37H68NO8P. The monoisotopic (exact) mass is 685 g/mol. The Morgan fingerprint density at radius 1 is 0.660 bits per heavy atom. The number of ether oxygens (including phenoxy) is 1. The predicted octanol–water partition coefficient (Wildman–Crippen LogP) is 9.43. The second-order valence-electron chi connectivity index (χ2n) is 12.2. The van der Waals surface area contributed by atoms with Crippen LogP contribution in [0, 0.1) is 0 Å². The van der Waals surface area contributed by atoms with E-state index in [0.717, 1.165) is 64.2 Å². The van der Waals surface area contributed by atoms with E-state index in [-0.39, 0.29) is 32.1 Å².